The van der Waals surface area contributed by atoms with Crippen LogP contribution in [0.1, 0.15) is 29.1 Å². The Labute approximate surface area is 98.0 Å². The highest BCUT2D eigenvalue weighted by Crippen LogP contribution is 2.16. The summed E-state index contributed by atoms with van der Waals surface area (Å²) in [5, 5.41) is 7.36. The Hall–Kier alpha value is -2.01. The van der Waals surface area contributed by atoms with Crippen LogP contribution in [0, 0.1) is 6.92 Å². The van der Waals surface area contributed by atoms with Gasteiger partial charge in [0, 0.05) is 30.1 Å². The van der Waals surface area contributed by atoms with Crippen molar-refractivity contribution in [3.05, 3.63) is 28.0 Å². The van der Waals surface area contributed by atoms with E-state index in [0.717, 1.165) is 0 Å². The Morgan fingerprint density at radius 1 is 1.65 bits per heavy atom. The van der Waals surface area contributed by atoms with Gasteiger partial charge in [0.2, 0.25) is 0 Å². The van der Waals surface area contributed by atoms with E-state index >= 15 is 0 Å². The molecular formula is C10H13N5O2. The molecule has 0 saturated carbocycles. The molecule has 0 aliphatic carbocycles. The lowest BCUT2D eigenvalue weighted by Gasteiger charge is -2.29. The highest BCUT2D eigenvalue weighted by molar-refractivity contribution is 5.92. The normalized spacial score (nSPS) is 16.6. The lowest BCUT2D eigenvalue weighted by molar-refractivity contribution is 0.0704. The number of rotatable bonds is 2. The molecule has 0 N–H and O–H groups in total. The number of hydrogen-bond acceptors (Lipinski definition) is 4. The van der Waals surface area contributed by atoms with Gasteiger partial charge in [-0.3, -0.25) is 4.79 Å². The fraction of sp³-hybridized carbons (Fsp3) is 0.600. The molecule has 17 heavy (non-hydrogen) atoms. The number of nitrogens with zero attached hydrogens (tertiary/aromatic N) is 5. The molecule has 0 aromatic carbocycles. The third-order valence-electron chi connectivity index (χ3n) is 2.81. The zero-order valence-electron chi connectivity index (χ0n) is 9.54. The lowest BCUT2D eigenvalue weighted by Crippen LogP contribution is -2.39. The van der Waals surface area contributed by atoms with Crippen LogP contribution in [0.3, 0.4) is 0 Å². The van der Waals surface area contributed by atoms with Crippen LogP contribution in [0.5, 0.6) is 0 Å². The predicted molar refractivity (Wildman–Crippen MR) is 59.3 cm³/mol. The standard InChI is InChI=1S/C10H13N5O2/c1-7-6-9(13-17-7)10(16)15-4-2-8(3-5-15)12-14-11/h6,8H,2-5H2,1H3. The van der Waals surface area contributed by atoms with Crippen LogP contribution < -0.4 is 0 Å². The van der Waals surface area contributed by atoms with Gasteiger partial charge in [-0.2, -0.15) is 0 Å². The summed E-state index contributed by atoms with van der Waals surface area (Å²) in [6, 6.07) is 1.63. The van der Waals surface area contributed by atoms with Crippen molar-refractivity contribution in [2.24, 2.45) is 5.11 Å². The first-order valence-electron chi connectivity index (χ1n) is 5.47. The van der Waals surface area contributed by atoms with Crippen molar-refractivity contribution in [1.29, 1.82) is 0 Å². The van der Waals surface area contributed by atoms with Crippen LogP contribution in [0.4, 0.5) is 0 Å². The Morgan fingerprint density at radius 3 is 2.88 bits per heavy atom. The maximum absolute atomic E-state index is 12.0. The van der Waals surface area contributed by atoms with Gasteiger partial charge in [-0.25, -0.2) is 0 Å². The average Bonchev–Trinajstić information content (AvgIpc) is 2.76. The third-order valence-corrected chi connectivity index (χ3v) is 2.81. The molecule has 0 atom stereocenters. The second kappa shape index (κ2) is 4.88. The molecule has 7 nitrogen and oxygen atoms in total. The summed E-state index contributed by atoms with van der Waals surface area (Å²) in [4.78, 5) is 16.5. The summed E-state index contributed by atoms with van der Waals surface area (Å²) in [5.41, 5.74) is 8.67. The van der Waals surface area contributed by atoms with Gasteiger partial charge in [0.15, 0.2) is 5.69 Å². The molecule has 1 aliphatic heterocycles. The van der Waals surface area contributed by atoms with E-state index in [1.54, 1.807) is 17.9 Å². The molecule has 0 bridgehead atoms. The van der Waals surface area contributed by atoms with E-state index in [1.807, 2.05) is 0 Å². The van der Waals surface area contributed by atoms with E-state index in [9.17, 15) is 4.79 Å². The largest absolute Gasteiger partial charge is 0.361 e. The second-order valence-electron chi connectivity index (χ2n) is 4.05. The topological polar surface area (TPSA) is 95.1 Å². The summed E-state index contributed by atoms with van der Waals surface area (Å²) in [6.45, 7) is 2.93. The molecule has 1 aromatic heterocycles. The number of aryl methyl sites for hydroxylation is 1. The van der Waals surface area contributed by atoms with E-state index in [1.165, 1.54) is 0 Å². The van der Waals surface area contributed by atoms with Crippen LogP contribution in [0.25, 0.3) is 10.4 Å². The number of likely N-dealkylation sites (tertiary alicyclic amines) is 1. The molecular weight excluding hydrogens is 222 g/mol. The molecule has 1 saturated heterocycles. The van der Waals surface area contributed by atoms with Gasteiger partial charge in [0.05, 0.1) is 0 Å². The Balaban J connectivity index is 1.97. The average molecular weight is 235 g/mol. The van der Waals surface area contributed by atoms with Crippen LogP contribution >= 0.6 is 0 Å². The number of carbonyl (C=O) groups excluding carboxylic acids is 1. The van der Waals surface area contributed by atoms with Gasteiger partial charge in [0.1, 0.15) is 5.76 Å². The Kier molecular flexibility index (Phi) is 3.30. The Bertz CT molecular complexity index is 455. The predicted octanol–water partition coefficient (Wildman–Crippen LogP) is 1.90. The highest BCUT2D eigenvalue weighted by atomic mass is 16.5. The minimum absolute atomic E-state index is 0.00287. The maximum atomic E-state index is 12.0. The van der Waals surface area contributed by atoms with E-state index in [2.05, 4.69) is 15.2 Å². The van der Waals surface area contributed by atoms with Crippen molar-refractivity contribution < 1.29 is 9.32 Å². The van der Waals surface area contributed by atoms with Gasteiger partial charge in [-0.15, -0.1) is 0 Å². The fourth-order valence-corrected chi connectivity index (χ4v) is 1.89. The first-order chi connectivity index (χ1) is 8.20. The third kappa shape index (κ3) is 2.57. The molecule has 1 fully saturated rings. The molecule has 2 heterocycles. The molecule has 90 valence electrons. The second-order valence-corrected chi connectivity index (χ2v) is 4.05. The van der Waals surface area contributed by atoms with Crippen LogP contribution in [0.2, 0.25) is 0 Å². The lowest BCUT2D eigenvalue weighted by atomic mass is 10.1. The monoisotopic (exact) mass is 235 g/mol. The minimum atomic E-state index is -0.124. The first-order valence-corrected chi connectivity index (χ1v) is 5.47. The van der Waals surface area contributed by atoms with E-state index < -0.39 is 0 Å². The molecule has 0 spiro atoms. The summed E-state index contributed by atoms with van der Waals surface area (Å²) < 4.78 is 4.87. The van der Waals surface area contributed by atoms with Crippen molar-refractivity contribution in [3.63, 3.8) is 0 Å². The van der Waals surface area contributed by atoms with E-state index in [4.69, 9.17) is 10.1 Å². The first kappa shape index (κ1) is 11.5. The van der Waals surface area contributed by atoms with E-state index in [-0.39, 0.29) is 11.9 Å². The van der Waals surface area contributed by atoms with Crippen molar-refractivity contribution in [3.8, 4) is 0 Å². The van der Waals surface area contributed by atoms with Crippen molar-refractivity contribution >= 4 is 5.91 Å². The summed E-state index contributed by atoms with van der Waals surface area (Å²) in [7, 11) is 0. The smallest absolute Gasteiger partial charge is 0.276 e. The van der Waals surface area contributed by atoms with Crippen molar-refractivity contribution in [2.75, 3.05) is 13.1 Å². The molecule has 1 aliphatic rings. The highest BCUT2D eigenvalue weighted by Gasteiger charge is 2.24. The summed E-state index contributed by atoms with van der Waals surface area (Å²) in [5.74, 6) is 0.499. The van der Waals surface area contributed by atoms with Crippen LogP contribution in [0.15, 0.2) is 15.7 Å². The zero-order valence-corrected chi connectivity index (χ0v) is 9.54. The van der Waals surface area contributed by atoms with Gasteiger partial charge < -0.3 is 9.42 Å². The van der Waals surface area contributed by atoms with Crippen LogP contribution in [-0.4, -0.2) is 35.1 Å². The van der Waals surface area contributed by atoms with Gasteiger partial charge in [-0.1, -0.05) is 10.3 Å². The van der Waals surface area contributed by atoms with Crippen molar-refractivity contribution in [2.45, 2.75) is 25.8 Å². The quantitative estimate of drug-likeness (QED) is 0.445. The number of hydrogen-bond donors (Lipinski definition) is 0. The Morgan fingerprint density at radius 2 is 2.35 bits per heavy atom. The van der Waals surface area contributed by atoms with Gasteiger partial charge in [0.25, 0.3) is 5.91 Å². The van der Waals surface area contributed by atoms with Crippen LogP contribution in [-0.2, 0) is 0 Å². The molecule has 0 radical (unpaired) electrons. The number of carbonyl (C=O) groups is 1. The van der Waals surface area contributed by atoms with Crippen molar-refractivity contribution in [1.82, 2.24) is 10.1 Å². The number of piperidine rings is 1. The molecule has 7 heteroatoms. The summed E-state index contributed by atoms with van der Waals surface area (Å²) in [6.07, 6.45) is 1.40. The molecule has 2 rings (SSSR count). The molecule has 1 amide bonds. The fourth-order valence-electron chi connectivity index (χ4n) is 1.89. The van der Waals surface area contributed by atoms with Gasteiger partial charge in [-0.05, 0) is 25.3 Å². The minimum Gasteiger partial charge on any atom is -0.361 e. The summed E-state index contributed by atoms with van der Waals surface area (Å²) >= 11 is 0. The molecule has 1 aromatic rings. The van der Waals surface area contributed by atoms with Gasteiger partial charge >= 0.3 is 0 Å². The SMILES string of the molecule is Cc1cc(C(=O)N2CCC(N=[N+]=[N-])CC2)no1. The maximum Gasteiger partial charge on any atom is 0.276 e. The number of aromatic nitrogens is 1. The van der Waals surface area contributed by atoms with E-state index in [0.29, 0.717) is 37.4 Å². The number of amides is 1. The molecule has 0 unspecified atom stereocenters. The zero-order chi connectivity index (χ0) is 12.3. The number of azide groups is 1.